The minimum absolute atomic E-state index is 0.325. The van der Waals surface area contributed by atoms with Gasteiger partial charge in [0.2, 0.25) is 0 Å². The predicted molar refractivity (Wildman–Crippen MR) is 76.3 cm³/mol. The molecule has 0 aliphatic heterocycles. The van der Waals surface area contributed by atoms with Crippen molar-refractivity contribution in [2.45, 2.75) is 27.2 Å². The van der Waals surface area contributed by atoms with Gasteiger partial charge in [0.15, 0.2) is 5.65 Å². The molecule has 7 nitrogen and oxygen atoms in total. The summed E-state index contributed by atoms with van der Waals surface area (Å²) in [5.74, 6) is -1.39. The number of hydrogen-bond acceptors (Lipinski definition) is 4. The zero-order valence-electron chi connectivity index (χ0n) is 12.3. The summed E-state index contributed by atoms with van der Waals surface area (Å²) in [5, 5.41) is 13.1. The van der Waals surface area contributed by atoms with E-state index in [1.807, 2.05) is 26.8 Å². The average molecular weight is 290 g/mol. The van der Waals surface area contributed by atoms with E-state index in [0.29, 0.717) is 24.2 Å². The van der Waals surface area contributed by atoms with Crippen LogP contribution in [0.1, 0.15) is 35.1 Å². The number of nitrogens with zero attached hydrogens (tertiary/aromatic N) is 4. The molecular weight excluding hydrogens is 272 g/mol. The van der Waals surface area contributed by atoms with Gasteiger partial charge in [-0.15, -0.1) is 0 Å². The Hall–Kier alpha value is -2.44. The molecule has 7 heteroatoms. The Morgan fingerprint density at radius 3 is 2.71 bits per heavy atom. The molecular formula is C14H18N4O3. The van der Waals surface area contributed by atoms with Crippen molar-refractivity contribution in [3.63, 3.8) is 0 Å². The number of carbonyl (C=O) groups is 2. The molecule has 0 fully saturated rings. The maximum Gasteiger partial charge on any atom is 0.323 e. The third-order valence-electron chi connectivity index (χ3n) is 3.12. The fourth-order valence-corrected chi connectivity index (χ4v) is 2.28. The van der Waals surface area contributed by atoms with Gasteiger partial charge < -0.3 is 10.0 Å². The van der Waals surface area contributed by atoms with Crippen LogP contribution in [0.5, 0.6) is 0 Å². The molecule has 0 atom stereocenters. The standard InChI is InChI=1S/C14H18N4O3/c1-4-5-17(8-12(19)20)14(21)11-7-15-18-10(3)6-9(2)16-13(11)18/h6-7H,4-5,8H2,1-3H3,(H,19,20). The largest absolute Gasteiger partial charge is 0.480 e. The molecule has 0 saturated carbocycles. The lowest BCUT2D eigenvalue weighted by Crippen LogP contribution is -2.36. The van der Waals surface area contributed by atoms with Gasteiger partial charge in [-0.05, 0) is 26.3 Å². The molecule has 21 heavy (non-hydrogen) atoms. The van der Waals surface area contributed by atoms with Crippen molar-refractivity contribution in [1.82, 2.24) is 19.5 Å². The SMILES string of the molecule is CCCN(CC(=O)O)C(=O)c1cnn2c(C)cc(C)nc12. The van der Waals surface area contributed by atoms with E-state index < -0.39 is 5.97 Å². The molecule has 0 saturated heterocycles. The van der Waals surface area contributed by atoms with E-state index in [4.69, 9.17) is 5.11 Å². The van der Waals surface area contributed by atoms with Crippen molar-refractivity contribution in [1.29, 1.82) is 0 Å². The first-order valence-corrected chi connectivity index (χ1v) is 6.77. The highest BCUT2D eigenvalue weighted by molar-refractivity contribution is 6.00. The monoisotopic (exact) mass is 290 g/mol. The molecule has 1 amide bonds. The van der Waals surface area contributed by atoms with Gasteiger partial charge in [-0.1, -0.05) is 6.92 Å². The Kier molecular flexibility index (Phi) is 4.21. The maximum atomic E-state index is 12.5. The van der Waals surface area contributed by atoms with Gasteiger partial charge >= 0.3 is 5.97 Å². The number of hydrogen-bond donors (Lipinski definition) is 1. The van der Waals surface area contributed by atoms with Crippen LogP contribution in [0.25, 0.3) is 5.65 Å². The summed E-state index contributed by atoms with van der Waals surface area (Å²) in [7, 11) is 0. The number of amides is 1. The number of fused-ring (bicyclic) bond motifs is 1. The maximum absolute atomic E-state index is 12.5. The lowest BCUT2D eigenvalue weighted by atomic mass is 10.2. The minimum atomic E-state index is -1.03. The summed E-state index contributed by atoms with van der Waals surface area (Å²) in [5.41, 5.74) is 2.45. The van der Waals surface area contributed by atoms with Crippen LogP contribution in [0.3, 0.4) is 0 Å². The van der Waals surface area contributed by atoms with E-state index in [9.17, 15) is 9.59 Å². The van der Waals surface area contributed by atoms with E-state index >= 15 is 0 Å². The zero-order valence-corrected chi connectivity index (χ0v) is 12.3. The summed E-state index contributed by atoms with van der Waals surface area (Å²) in [4.78, 5) is 29.1. The molecule has 0 unspecified atom stereocenters. The lowest BCUT2D eigenvalue weighted by molar-refractivity contribution is -0.137. The number of aryl methyl sites for hydroxylation is 2. The van der Waals surface area contributed by atoms with Gasteiger partial charge in [0.1, 0.15) is 12.1 Å². The summed E-state index contributed by atoms with van der Waals surface area (Å²) in [6.07, 6.45) is 2.13. The number of carboxylic acids is 1. The molecule has 0 bridgehead atoms. The molecule has 2 aromatic rings. The second-order valence-corrected chi connectivity index (χ2v) is 4.95. The first-order chi connectivity index (χ1) is 9.93. The van der Waals surface area contributed by atoms with Crippen molar-refractivity contribution >= 4 is 17.5 Å². The van der Waals surface area contributed by atoms with E-state index in [1.165, 1.54) is 11.1 Å². The quantitative estimate of drug-likeness (QED) is 0.896. The average Bonchev–Trinajstić information content (AvgIpc) is 2.80. The summed E-state index contributed by atoms with van der Waals surface area (Å²) in [6.45, 7) is 5.67. The minimum Gasteiger partial charge on any atom is -0.480 e. The van der Waals surface area contributed by atoms with Crippen LogP contribution in [0.4, 0.5) is 0 Å². The smallest absolute Gasteiger partial charge is 0.323 e. The van der Waals surface area contributed by atoms with E-state index in [2.05, 4.69) is 10.1 Å². The van der Waals surface area contributed by atoms with E-state index in [-0.39, 0.29) is 12.5 Å². The third-order valence-corrected chi connectivity index (χ3v) is 3.12. The Labute approximate surface area is 122 Å². The molecule has 2 aromatic heterocycles. The van der Waals surface area contributed by atoms with Crippen LogP contribution < -0.4 is 0 Å². The van der Waals surface area contributed by atoms with Crippen molar-refractivity contribution < 1.29 is 14.7 Å². The van der Waals surface area contributed by atoms with Crippen molar-refractivity contribution in [2.75, 3.05) is 13.1 Å². The molecule has 2 heterocycles. The van der Waals surface area contributed by atoms with Gasteiger partial charge in [0.25, 0.3) is 5.91 Å². The van der Waals surface area contributed by atoms with Crippen LogP contribution in [0.15, 0.2) is 12.3 Å². The highest BCUT2D eigenvalue weighted by Gasteiger charge is 2.22. The van der Waals surface area contributed by atoms with Gasteiger partial charge in [-0.25, -0.2) is 9.50 Å². The molecule has 112 valence electrons. The van der Waals surface area contributed by atoms with Gasteiger partial charge in [0.05, 0.1) is 6.20 Å². The second-order valence-electron chi connectivity index (χ2n) is 4.95. The zero-order chi connectivity index (χ0) is 15.6. The summed E-state index contributed by atoms with van der Waals surface area (Å²) >= 11 is 0. The first-order valence-electron chi connectivity index (χ1n) is 6.77. The molecule has 0 aliphatic carbocycles. The molecule has 0 aliphatic rings. The van der Waals surface area contributed by atoms with Crippen molar-refractivity contribution in [3.8, 4) is 0 Å². The van der Waals surface area contributed by atoms with Gasteiger partial charge in [-0.3, -0.25) is 9.59 Å². The third kappa shape index (κ3) is 3.01. The number of carbonyl (C=O) groups excluding carboxylic acids is 1. The van der Waals surface area contributed by atoms with Crippen LogP contribution in [0, 0.1) is 13.8 Å². The number of aromatic nitrogens is 3. The number of rotatable bonds is 5. The summed E-state index contributed by atoms with van der Waals surface area (Å²) < 4.78 is 1.59. The fraction of sp³-hybridized carbons (Fsp3) is 0.429. The van der Waals surface area contributed by atoms with Crippen molar-refractivity contribution in [3.05, 3.63) is 29.2 Å². The highest BCUT2D eigenvalue weighted by atomic mass is 16.4. The van der Waals surface area contributed by atoms with Gasteiger partial charge in [-0.2, -0.15) is 5.10 Å². The van der Waals surface area contributed by atoms with Crippen LogP contribution >= 0.6 is 0 Å². The Bertz CT molecular complexity index is 693. The topological polar surface area (TPSA) is 87.8 Å². The lowest BCUT2D eigenvalue weighted by Gasteiger charge is -2.19. The van der Waals surface area contributed by atoms with Gasteiger partial charge in [0, 0.05) is 17.9 Å². The second kappa shape index (κ2) is 5.90. The Balaban J connectivity index is 2.44. The summed E-state index contributed by atoms with van der Waals surface area (Å²) in [6, 6.07) is 1.87. The highest BCUT2D eigenvalue weighted by Crippen LogP contribution is 2.14. The first kappa shape index (κ1) is 15.0. The molecule has 0 radical (unpaired) electrons. The Morgan fingerprint density at radius 1 is 1.38 bits per heavy atom. The molecule has 2 rings (SSSR count). The van der Waals surface area contributed by atoms with Crippen LogP contribution in [-0.4, -0.2) is 49.6 Å². The molecule has 0 spiro atoms. The number of carboxylic acid groups (broad SMARTS) is 1. The van der Waals surface area contributed by atoms with Crippen molar-refractivity contribution in [2.24, 2.45) is 0 Å². The predicted octanol–water partition coefficient (Wildman–Crippen LogP) is 1.28. The molecule has 1 N–H and O–H groups in total. The molecule has 0 aromatic carbocycles. The fourth-order valence-electron chi connectivity index (χ4n) is 2.28. The van der Waals surface area contributed by atoms with E-state index in [1.54, 1.807) is 4.52 Å². The van der Waals surface area contributed by atoms with Crippen LogP contribution in [-0.2, 0) is 4.79 Å². The number of aliphatic carboxylic acids is 1. The normalized spacial score (nSPS) is 10.8. The van der Waals surface area contributed by atoms with Crippen LogP contribution in [0.2, 0.25) is 0 Å². The Morgan fingerprint density at radius 2 is 2.10 bits per heavy atom. The van der Waals surface area contributed by atoms with E-state index in [0.717, 1.165) is 11.4 Å².